The van der Waals surface area contributed by atoms with Gasteiger partial charge in [-0.05, 0) is 85.0 Å². The van der Waals surface area contributed by atoms with Gasteiger partial charge in [0.1, 0.15) is 17.3 Å². The Kier molecular flexibility index (Phi) is 10.7. The van der Waals surface area contributed by atoms with Crippen LogP contribution < -0.4 is 5.32 Å². The van der Waals surface area contributed by atoms with Crippen LogP contribution in [0.3, 0.4) is 0 Å². The van der Waals surface area contributed by atoms with E-state index in [1.807, 2.05) is 12.1 Å². The van der Waals surface area contributed by atoms with Gasteiger partial charge in [0.25, 0.3) is 0 Å². The molecule has 0 aromatic heterocycles. The van der Waals surface area contributed by atoms with E-state index in [1.54, 1.807) is 0 Å². The summed E-state index contributed by atoms with van der Waals surface area (Å²) in [6.07, 6.45) is 7.99. The lowest BCUT2D eigenvalue weighted by atomic mass is 9.68. The Labute approximate surface area is 283 Å². The summed E-state index contributed by atoms with van der Waals surface area (Å²) in [5.41, 5.74) is 4.32. The monoisotopic (exact) mass is 742 g/mol. The fraction of sp³-hybridized carbons (Fsp3) is 0.583. The lowest BCUT2D eigenvalue weighted by Gasteiger charge is -2.42. The molecule has 45 heavy (non-hydrogen) atoms. The molecule has 1 N–H and O–H groups in total. The molecule has 2 saturated carbocycles. The highest BCUT2D eigenvalue weighted by Crippen LogP contribution is 2.48. The standard InChI is InChI=1S/C18H22BrNO2.C14H13BrO2.C4H9NO/c19-14-1-2-16-13(11-14)12-17(21)18(16)5-3-15(4-6-18)20-7-9-22-10-8-20;15-10-1-2-12-9(7-10)8-13(17)14(12)5-3-11(16)4-6-14;1-3-6-4-2-5-1/h1-2,11,15H,3-10,12H2;1-2,7H,3-6,8H2;5H,1-4H2. The number of ether oxygens (including phenoxy) is 2. The van der Waals surface area contributed by atoms with E-state index in [0.717, 1.165) is 92.8 Å². The van der Waals surface area contributed by atoms with E-state index in [2.05, 4.69) is 66.3 Å². The molecule has 6 aliphatic rings. The van der Waals surface area contributed by atoms with Gasteiger partial charge in [0.05, 0.1) is 37.3 Å². The van der Waals surface area contributed by atoms with Gasteiger partial charge in [-0.1, -0.05) is 44.0 Å². The quantitative estimate of drug-likeness (QED) is 0.405. The molecule has 2 spiro atoms. The number of benzene rings is 2. The number of hydrogen-bond donors (Lipinski definition) is 1. The molecule has 2 aromatic carbocycles. The number of carbonyl (C=O) groups excluding carboxylic acids is 3. The predicted molar refractivity (Wildman–Crippen MR) is 181 cm³/mol. The van der Waals surface area contributed by atoms with Crippen molar-refractivity contribution in [3.05, 3.63) is 67.6 Å². The maximum atomic E-state index is 12.8. The van der Waals surface area contributed by atoms with Crippen LogP contribution in [0, 0.1) is 0 Å². The van der Waals surface area contributed by atoms with Crippen molar-refractivity contribution in [1.29, 1.82) is 0 Å². The highest BCUT2D eigenvalue weighted by molar-refractivity contribution is 9.10. The van der Waals surface area contributed by atoms with E-state index < -0.39 is 0 Å². The lowest BCUT2D eigenvalue weighted by Crippen LogP contribution is -2.48. The summed E-state index contributed by atoms with van der Waals surface area (Å²) in [4.78, 5) is 39.0. The molecule has 0 radical (unpaired) electrons. The fourth-order valence-corrected chi connectivity index (χ4v) is 9.12. The molecular formula is C36H44Br2N2O5. The summed E-state index contributed by atoms with van der Waals surface area (Å²) in [5, 5.41) is 3.16. The Hall–Kier alpha value is -1.75. The highest BCUT2D eigenvalue weighted by atomic mass is 79.9. The van der Waals surface area contributed by atoms with Crippen molar-refractivity contribution in [3.63, 3.8) is 0 Å². The second-order valence-electron chi connectivity index (χ2n) is 13.2. The van der Waals surface area contributed by atoms with E-state index in [9.17, 15) is 14.4 Å². The van der Waals surface area contributed by atoms with Gasteiger partial charge in [0.15, 0.2) is 0 Å². The SMILES string of the molecule is C1COCCN1.O=C1CCC2(CC1)C(=O)Cc1cc(Br)ccc12.O=C1Cc2cc(Br)ccc2C12CCC(N1CCOCC1)CC2. The van der Waals surface area contributed by atoms with Crippen molar-refractivity contribution in [1.82, 2.24) is 10.2 Å². The summed E-state index contributed by atoms with van der Waals surface area (Å²) < 4.78 is 12.6. The fourth-order valence-electron chi connectivity index (χ4n) is 8.31. The molecule has 2 heterocycles. The van der Waals surface area contributed by atoms with Gasteiger partial charge in [-0.15, -0.1) is 0 Å². The van der Waals surface area contributed by atoms with Gasteiger partial charge >= 0.3 is 0 Å². The Morgan fingerprint density at radius 3 is 1.64 bits per heavy atom. The van der Waals surface area contributed by atoms with E-state index in [-0.39, 0.29) is 10.8 Å². The van der Waals surface area contributed by atoms with Crippen LogP contribution in [0.1, 0.15) is 73.6 Å². The minimum atomic E-state index is -0.343. The summed E-state index contributed by atoms with van der Waals surface area (Å²) in [5.74, 6) is 1.05. The van der Waals surface area contributed by atoms with Crippen LogP contribution in [0.4, 0.5) is 0 Å². The first-order valence-corrected chi connectivity index (χ1v) is 18.2. The van der Waals surface area contributed by atoms with Gasteiger partial charge in [0.2, 0.25) is 0 Å². The third-order valence-corrected chi connectivity index (χ3v) is 11.8. The lowest BCUT2D eigenvalue weighted by molar-refractivity contribution is -0.127. The van der Waals surface area contributed by atoms with Crippen molar-refractivity contribution in [2.45, 2.75) is 81.1 Å². The number of Topliss-reactive ketones (excluding diaryl/α,β-unsaturated/α-hetero) is 3. The molecule has 4 aliphatic carbocycles. The zero-order valence-corrected chi connectivity index (χ0v) is 29.2. The average Bonchev–Trinajstić information content (AvgIpc) is 3.48. The highest BCUT2D eigenvalue weighted by Gasteiger charge is 2.49. The molecule has 8 rings (SSSR count). The Morgan fingerprint density at radius 2 is 1.18 bits per heavy atom. The number of nitrogens with zero attached hydrogens (tertiary/aromatic N) is 1. The van der Waals surface area contributed by atoms with Gasteiger partial charge in [-0.2, -0.15) is 0 Å². The van der Waals surface area contributed by atoms with E-state index in [1.165, 1.54) is 16.7 Å². The second kappa shape index (κ2) is 14.6. The summed E-state index contributed by atoms with van der Waals surface area (Å²) in [6.45, 7) is 7.65. The van der Waals surface area contributed by atoms with Gasteiger partial charge < -0.3 is 14.8 Å². The summed E-state index contributed by atoms with van der Waals surface area (Å²) >= 11 is 6.97. The maximum Gasteiger partial charge on any atom is 0.147 e. The van der Waals surface area contributed by atoms with Crippen molar-refractivity contribution in [2.75, 3.05) is 52.6 Å². The zero-order chi connectivity index (χ0) is 31.4. The third kappa shape index (κ3) is 7.09. The number of fused-ring (bicyclic) bond motifs is 4. The first kappa shape index (κ1) is 33.2. The minimum Gasteiger partial charge on any atom is -0.379 e. The predicted octanol–water partition coefficient (Wildman–Crippen LogP) is 5.65. The molecule has 0 atom stereocenters. The molecule has 2 aliphatic heterocycles. The molecular weight excluding hydrogens is 700 g/mol. The number of nitrogens with one attached hydrogen (secondary N) is 1. The molecule has 4 fully saturated rings. The van der Waals surface area contributed by atoms with Crippen molar-refractivity contribution in [2.24, 2.45) is 0 Å². The van der Waals surface area contributed by atoms with Crippen LogP contribution in [0.15, 0.2) is 45.3 Å². The molecule has 2 aromatic rings. The third-order valence-electron chi connectivity index (χ3n) is 10.8. The van der Waals surface area contributed by atoms with Gasteiger partial charge in [0, 0.05) is 66.8 Å². The smallest absolute Gasteiger partial charge is 0.147 e. The van der Waals surface area contributed by atoms with Crippen LogP contribution in [0.25, 0.3) is 0 Å². The molecule has 0 amide bonds. The first-order chi connectivity index (χ1) is 21.8. The number of hydrogen-bond acceptors (Lipinski definition) is 7. The number of carbonyl (C=O) groups is 3. The molecule has 242 valence electrons. The van der Waals surface area contributed by atoms with Crippen molar-refractivity contribution < 1.29 is 23.9 Å². The largest absolute Gasteiger partial charge is 0.379 e. The Morgan fingerprint density at radius 1 is 0.689 bits per heavy atom. The molecule has 0 bridgehead atoms. The number of morpholine rings is 2. The van der Waals surface area contributed by atoms with Crippen LogP contribution in [-0.4, -0.2) is 80.9 Å². The molecule has 0 unspecified atom stereocenters. The molecule has 7 nitrogen and oxygen atoms in total. The van der Waals surface area contributed by atoms with Crippen molar-refractivity contribution >= 4 is 49.2 Å². The van der Waals surface area contributed by atoms with Crippen LogP contribution in [0.2, 0.25) is 0 Å². The average molecular weight is 745 g/mol. The van der Waals surface area contributed by atoms with Crippen LogP contribution >= 0.6 is 31.9 Å². The zero-order valence-electron chi connectivity index (χ0n) is 26.0. The second-order valence-corrected chi connectivity index (χ2v) is 15.1. The Bertz CT molecular complexity index is 1390. The maximum absolute atomic E-state index is 12.8. The minimum absolute atomic E-state index is 0.182. The summed E-state index contributed by atoms with van der Waals surface area (Å²) in [7, 11) is 0. The number of ketones is 3. The van der Waals surface area contributed by atoms with E-state index >= 15 is 0 Å². The summed E-state index contributed by atoms with van der Waals surface area (Å²) in [6, 6.07) is 13.1. The first-order valence-electron chi connectivity index (χ1n) is 16.6. The number of halogens is 2. The normalized spacial score (nSPS) is 27.3. The topological polar surface area (TPSA) is 84.9 Å². The molecule has 2 saturated heterocycles. The van der Waals surface area contributed by atoms with Crippen molar-refractivity contribution in [3.8, 4) is 0 Å². The van der Waals surface area contributed by atoms with Gasteiger partial charge in [-0.3, -0.25) is 19.3 Å². The van der Waals surface area contributed by atoms with Gasteiger partial charge in [-0.25, -0.2) is 0 Å². The van der Waals surface area contributed by atoms with E-state index in [4.69, 9.17) is 9.47 Å². The Balaban J connectivity index is 0.000000137. The van der Waals surface area contributed by atoms with E-state index in [0.29, 0.717) is 61.9 Å². The van der Waals surface area contributed by atoms with Crippen LogP contribution in [-0.2, 0) is 47.5 Å². The molecule has 9 heteroatoms. The van der Waals surface area contributed by atoms with Crippen LogP contribution in [0.5, 0.6) is 0 Å². The number of rotatable bonds is 1.